The number of rotatable bonds is 7. The van der Waals surface area contributed by atoms with Crippen LogP contribution in [0.1, 0.15) is 71.6 Å². The Morgan fingerprint density at radius 3 is 2.27 bits per heavy atom. The predicted octanol–water partition coefficient (Wildman–Crippen LogP) is -0.747. The largest absolute Gasteiger partial charge is 0.458 e. The van der Waals surface area contributed by atoms with Crippen LogP contribution in [0, 0.1) is 34.5 Å². The van der Waals surface area contributed by atoms with Crippen LogP contribution in [-0.2, 0) is 28.5 Å². The third kappa shape index (κ3) is 5.64. The van der Waals surface area contributed by atoms with Gasteiger partial charge in [-0.3, -0.25) is 0 Å². The van der Waals surface area contributed by atoms with Crippen LogP contribution in [0.2, 0.25) is 0 Å². The highest BCUT2D eigenvalue weighted by molar-refractivity contribution is 5.85. The van der Waals surface area contributed by atoms with Gasteiger partial charge in [0.2, 0.25) is 0 Å². The molecule has 2 unspecified atom stereocenters. The van der Waals surface area contributed by atoms with Crippen molar-refractivity contribution in [1.29, 1.82) is 0 Å². The highest BCUT2D eigenvalue weighted by Crippen LogP contribution is 2.70. The fourth-order valence-corrected chi connectivity index (χ4v) is 11.4. The number of carbonyl (C=O) groups is 1. The molecule has 0 aromatic carbocycles. The summed E-state index contributed by atoms with van der Waals surface area (Å²) in [6.45, 7) is 3.47. The minimum Gasteiger partial charge on any atom is -0.458 e. The first-order valence-electron chi connectivity index (χ1n) is 18.1. The van der Waals surface area contributed by atoms with Crippen molar-refractivity contribution >= 4 is 5.97 Å². The molecule has 7 aliphatic rings. The Kier molecular flexibility index (Phi) is 9.80. The van der Waals surface area contributed by atoms with Crippen molar-refractivity contribution in [3.8, 4) is 0 Å². The summed E-state index contributed by atoms with van der Waals surface area (Å²) in [5.74, 6) is 0.104. The van der Waals surface area contributed by atoms with Crippen LogP contribution >= 0.6 is 0 Å². The maximum atomic E-state index is 12.5. The molecule has 14 heteroatoms. The Bertz CT molecular complexity index is 1260. The Labute approximate surface area is 285 Å². The molecule has 0 amide bonds. The van der Waals surface area contributed by atoms with Gasteiger partial charge in [0.25, 0.3) is 0 Å². The Balaban J connectivity index is 0.995. The summed E-state index contributed by atoms with van der Waals surface area (Å²) in [7, 11) is 0. The van der Waals surface area contributed by atoms with Crippen LogP contribution in [0.25, 0.3) is 0 Å². The molecule has 18 atom stereocenters. The lowest BCUT2D eigenvalue weighted by molar-refractivity contribution is -0.360. The number of carbonyl (C=O) groups excluding carboxylic acids is 1. The number of hydrogen-bond donors (Lipinski definition) is 8. The molecule has 0 bridgehead atoms. The predicted molar refractivity (Wildman–Crippen MR) is 167 cm³/mol. The van der Waals surface area contributed by atoms with Crippen molar-refractivity contribution in [2.75, 3.05) is 19.8 Å². The van der Waals surface area contributed by atoms with E-state index in [2.05, 4.69) is 6.92 Å². The fraction of sp³-hybridized carbons (Fsp3) is 0.914. The van der Waals surface area contributed by atoms with Gasteiger partial charge in [-0.15, -0.1) is 0 Å². The third-order valence-corrected chi connectivity index (χ3v) is 14.2. The maximum Gasteiger partial charge on any atom is 0.331 e. The van der Waals surface area contributed by atoms with Gasteiger partial charge in [-0.2, -0.15) is 0 Å². The van der Waals surface area contributed by atoms with E-state index in [0.717, 1.165) is 37.7 Å². The summed E-state index contributed by atoms with van der Waals surface area (Å²) in [6.07, 6.45) is -5.76. The molecule has 3 aliphatic heterocycles. The number of esters is 1. The van der Waals surface area contributed by atoms with Gasteiger partial charge in [-0.05, 0) is 99.4 Å². The molecule has 2 saturated heterocycles. The molecule has 4 aliphatic carbocycles. The topological polar surface area (TPSA) is 225 Å². The van der Waals surface area contributed by atoms with Crippen molar-refractivity contribution in [3.05, 3.63) is 11.6 Å². The third-order valence-electron chi connectivity index (χ3n) is 14.2. The normalized spacial score (nSPS) is 54.4. The molecule has 3 heterocycles. The second kappa shape index (κ2) is 13.3. The summed E-state index contributed by atoms with van der Waals surface area (Å²) in [4.78, 5) is 11.9. The average Bonchev–Trinajstić information content (AvgIpc) is 3.64. The van der Waals surface area contributed by atoms with Gasteiger partial charge < -0.3 is 64.5 Å². The van der Waals surface area contributed by atoms with Gasteiger partial charge in [0.1, 0.15) is 49.3 Å². The van der Waals surface area contributed by atoms with Gasteiger partial charge in [-0.1, -0.05) is 6.92 Å². The van der Waals surface area contributed by atoms with E-state index in [-0.39, 0.29) is 53.2 Å². The van der Waals surface area contributed by atoms with E-state index in [1.54, 1.807) is 13.0 Å². The van der Waals surface area contributed by atoms with Crippen LogP contribution < -0.4 is 0 Å². The standard InChI is InChI=1S/C35H54O14/c1-16-30(49-32-28(42)26(40)25(39)23(13-36)48-32)27(41)29(43)31(46-16)47-19-5-9-34(15-37)18(12-19)3-4-22-21(34)6-8-33(2)20(7-10-35(22,33)44)17-11-24(38)45-14-17/h11,16,18-23,25-32,36-37,39-44H,3-10,12-15H2,1-2H3/t16-,18-,19+,20-,21?,22?,23-,25-,26-,27+,28-,29-,30+,31+,32+,33-,34-,35+/m1/s1. The van der Waals surface area contributed by atoms with E-state index >= 15 is 0 Å². The zero-order valence-corrected chi connectivity index (χ0v) is 28.3. The van der Waals surface area contributed by atoms with Crippen LogP contribution in [0.4, 0.5) is 0 Å². The smallest absolute Gasteiger partial charge is 0.331 e. The molecular formula is C35H54O14. The summed E-state index contributed by atoms with van der Waals surface area (Å²) in [5.41, 5.74) is -0.641. The Morgan fingerprint density at radius 1 is 0.837 bits per heavy atom. The molecule has 0 aromatic rings. The molecule has 8 N–H and O–H groups in total. The zero-order chi connectivity index (χ0) is 35.0. The molecule has 14 nitrogen and oxygen atoms in total. The zero-order valence-electron chi connectivity index (χ0n) is 28.3. The number of ether oxygens (including phenoxy) is 5. The van der Waals surface area contributed by atoms with E-state index in [4.69, 9.17) is 23.7 Å². The first kappa shape index (κ1) is 36.1. The van der Waals surface area contributed by atoms with Crippen molar-refractivity contribution in [2.24, 2.45) is 34.5 Å². The Morgan fingerprint density at radius 2 is 1.57 bits per heavy atom. The first-order chi connectivity index (χ1) is 23.3. The van der Waals surface area contributed by atoms with Gasteiger partial charge in [0, 0.05) is 18.1 Å². The molecule has 49 heavy (non-hydrogen) atoms. The molecule has 4 saturated carbocycles. The molecule has 7 rings (SSSR count). The Hall–Kier alpha value is -1.27. The quantitative estimate of drug-likeness (QED) is 0.121. The van der Waals surface area contributed by atoms with Crippen molar-refractivity contribution in [1.82, 2.24) is 0 Å². The number of aliphatic hydroxyl groups is 8. The van der Waals surface area contributed by atoms with Crippen molar-refractivity contribution < 1.29 is 69.3 Å². The van der Waals surface area contributed by atoms with Crippen LogP contribution in [0.5, 0.6) is 0 Å². The van der Waals surface area contributed by atoms with Gasteiger partial charge in [0.15, 0.2) is 12.6 Å². The summed E-state index contributed by atoms with van der Waals surface area (Å²) in [6, 6.07) is 0. The lowest BCUT2D eigenvalue weighted by Crippen LogP contribution is -2.64. The van der Waals surface area contributed by atoms with E-state index < -0.39 is 73.6 Å². The summed E-state index contributed by atoms with van der Waals surface area (Å²) in [5, 5.41) is 85.8. The first-order valence-corrected chi connectivity index (χ1v) is 18.1. The lowest BCUT2D eigenvalue weighted by Gasteiger charge is -2.64. The summed E-state index contributed by atoms with van der Waals surface area (Å²) < 4.78 is 28.7. The highest BCUT2D eigenvalue weighted by Gasteiger charge is 2.68. The number of fused-ring (bicyclic) bond motifs is 5. The monoisotopic (exact) mass is 698 g/mol. The van der Waals surface area contributed by atoms with E-state index in [1.165, 1.54) is 0 Å². The second-order valence-electron chi connectivity index (χ2n) is 16.2. The molecular weight excluding hydrogens is 644 g/mol. The number of aliphatic hydroxyl groups excluding tert-OH is 7. The van der Waals surface area contributed by atoms with Crippen LogP contribution in [0.15, 0.2) is 11.6 Å². The maximum absolute atomic E-state index is 12.5. The lowest BCUT2D eigenvalue weighted by atomic mass is 9.43. The van der Waals surface area contributed by atoms with Crippen LogP contribution in [0.3, 0.4) is 0 Å². The van der Waals surface area contributed by atoms with Gasteiger partial charge >= 0.3 is 5.97 Å². The average molecular weight is 699 g/mol. The van der Waals surface area contributed by atoms with Gasteiger partial charge in [-0.25, -0.2) is 4.79 Å². The SMILES string of the molecule is C[C@H]1O[C@@H](O[C@H]2CC[C@]3(CO)C4CC[C@]5(C)[C@@H](C6=CC(=O)OC6)CC[C@]5(O)C4CC[C@@H]3C2)[C@H](O)[C@H](O)[C@H]1O[C@@H]1O[C@H](CO)[C@@H](O)[C@@H](O)[C@H]1O. The fourth-order valence-electron chi connectivity index (χ4n) is 11.4. The van der Waals surface area contributed by atoms with E-state index in [9.17, 15) is 45.6 Å². The van der Waals surface area contributed by atoms with E-state index in [1.807, 2.05) is 0 Å². The minimum atomic E-state index is -1.67. The van der Waals surface area contributed by atoms with Gasteiger partial charge in [0.05, 0.1) is 24.4 Å². The highest BCUT2D eigenvalue weighted by atomic mass is 16.7. The van der Waals surface area contributed by atoms with Crippen molar-refractivity contribution in [2.45, 2.75) is 145 Å². The number of hydrogen-bond acceptors (Lipinski definition) is 14. The summed E-state index contributed by atoms with van der Waals surface area (Å²) >= 11 is 0. The number of cyclic esters (lactones) is 1. The molecule has 0 aromatic heterocycles. The minimum absolute atomic E-state index is 0.0184. The van der Waals surface area contributed by atoms with Crippen molar-refractivity contribution in [3.63, 3.8) is 0 Å². The molecule has 0 spiro atoms. The molecule has 278 valence electrons. The molecule has 6 fully saturated rings. The second-order valence-corrected chi connectivity index (χ2v) is 16.2. The molecule has 0 radical (unpaired) electrons. The van der Waals surface area contributed by atoms with Crippen LogP contribution in [-0.4, -0.2) is 140 Å². The van der Waals surface area contributed by atoms with E-state index in [0.29, 0.717) is 32.3 Å².